The van der Waals surface area contributed by atoms with Crippen LogP contribution in [-0.4, -0.2) is 58.5 Å². The molecule has 29 heavy (non-hydrogen) atoms. The monoisotopic (exact) mass is 408 g/mol. The number of halogens is 3. The fourth-order valence-electron chi connectivity index (χ4n) is 2.89. The Kier molecular flexibility index (Phi) is 5.45. The second-order valence-electron chi connectivity index (χ2n) is 6.96. The summed E-state index contributed by atoms with van der Waals surface area (Å²) in [5.41, 5.74) is 0.144. The molecule has 1 saturated heterocycles. The van der Waals surface area contributed by atoms with Gasteiger partial charge in [0.1, 0.15) is 5.82 Å². The highest BCUT2D eigenvalue weighted by atomic mass is 19.3. The minimum Gasteiger partial charge on any atom is -0.434 e. The number of aromatic nitrogens is 2. The maximum atomic E-state index is 13.7. The van der Waals surface area contributed by atoms with Crippen molar-refractivity contribution >= 4 is 12.0 Å². The van der Waals surface area contributed by atoms with Gasteiger partial charge in [-0.3, -0.25) is 14.7 Å². The Hall–Kier alpha value is -3.17. The number of hydrogen-bond donors (Lipinski definition) is 0. The number of amides is 2. The van der Waals surface area contributed by atoms with Gasteiger partial charge in [-0.1, -0.05) is 0 Å². The molecule has 1 aromatic heterocycles. The highest BCUT2D eigenvalue weighted by Crippen LogP contribution is 2.32. The van der Waals surface area contributed by atoms with Gasteiger partial charge in [-0.25, -0.2) is 22.9 Å². The number of alkyl halides is 2. The van der Waals surface area contributed by atoms with Crippen molar-refractivity contribution in [1.29, 1.82) is 0 Å². The Labute approximate surface area is 165 Å². The Morgan fingerprint density at radius 3 is 2.72 bits per heavy atom. The minimum atomic E-state index is -3.35. The number of cyclic esters (lactones) is 1. The van der Waals surface area contributed by atoms with E-state index >= 15 is 0 Å². The van der Waals surface area contributed by atoms with Crippen molar-refractivity contribution in [2.45, 2.75) is 25.5 Å². The van der Waals surface area contributed by atoms with Crippen molar-refractivity contribution in [3.63, 3.8) is 0 Å². The summed E-state index contributed by atoms with van der Waals surface area (Å²) in [5, 5.41) is 0. The van der Waals surface area contributed by atoms with Crippen LogP contribution in [0.4, 0.5) is 18.0 Å². The van der Waals surface area contributed by atoms with E-state index in [0.29, 0.717) is 12.6 Å². The predicted molar refractivity (Wildman–Crippen MR) is 96.4 cm³/mol. The molecule has 0 N–H and O–H groups in total. The Morgan fingerprint density at radius 2 is 2.07 bits per heavy atom. The lowest BCUT2D eigenvalue weighted by molar-refractivity contribution is -0.135. The van der Waals surface area contributed by atoms with E-state index < -0.39 is 29.5 Å². The van der Waals surface area contributed by atoms with Crippen molar-refractivity contribution in [3.05, 3.63) is 47.7 Å². The highest BCUT2D eigenvalue weighted by Gasteiger charge is 2.37. The second-order valence-corrected chi connectivity index (χ2v) is 6.96. The third kappa shape index (κ3) is 4.47. The molecular formula is C19H19F3N4O3. The van der Waals surface area contributed by atoms with Crippen LogP contribution in [0, 0.1) is 5.82 Å². The van der Waals surface area contributed by atoms with Crippen LogP contribution < -0.4 is 0 Å². The fourth-order valence-corrected chi connectivity index (χ4v) is 2.89. The van der Waals surface area contributed by atoms with Crippen LogP contribution in [0.15, 0.2) is 30.6 Å². The third-order valence-corrected chi connectivity index (χ3v) is 4.38. The minimum absolute atomic E-state index is 0.0227. The van der Waals surface area contributed by atoms with Crippen molar-refractivity contribution in [3.8, 4) is 11.3 Å². The SMILES string of the molecule is CN(C)C(=O)[C@H]1CN(Cc2cncc(-c3ccc(F)c(C(C)(F)F)c3)n2)C(=O)O1. The summed E-state index contributed by atoms with van der Waals surface area (Å²) in [5.74, 6) is -4.69. The molecule has 1 fully saturated rings. The lowest BCUT2D eigenvalue weighted by Gasteiger charge is -2.15. The van der Waals surface area contributed by atoms with Crippen LogP contribution in [0.3, 0.4) is 0 Å². The number of likely N-dealkylation sites (N-methyl/N-ethyl adjacent to an activating group) is 1. The number of benzene rings is 1. The van der Waals surface area contributed by atoms with Crippen LogP contribution in [0.1, 0.15) is 18.2 Å². The number of hydrogen-bond acceptors (Lipinski definition) is 5. The van der Waals surface area contributed by atoms with E-state index in [1.165, 1.54) is 28.3 Å². The molecule has 0 spiro atoms. The molecule has 1 aliphatic heterocycles. The summed E-state index contributed by atoms with van der Waals surface area (Å²) in [4.78, 5) is 35.0. The van der Waals surface area contributed by atoms with Gasteiger partial charge in [0.2, 0.25) is 0 Å². The number of ether oxygens (including phenoxy) is 1. The van der Waals surface area contributed by atoms with Crippen LogP contribution in [-0.2, 0) is 22.0 Å². The van der Waals surface area contributed by atoms with Crippen LogP contribution >= 0.6 is 0 Å². The van der Waals surface area contributed by atoms with Crippen molar-refractivity contribution < 1.29 is 27.5 Å². The second kappa shape index (κ2) is 7.69. The molecular weight excluding hydrogens is 389 g/mol. The maximum Gasteiger partial charge on any atom is 0.411 e. The van der Waals surface area contributed by atoms with Crippen LogP contribution in [0.25, 0.3) is 11.3 Å². The van der Waals surface area contributed by atoms with E-state index in [1.54, 1.807) is 14.1 Å². The summed E-state index contributed by atoms with van der Waals surface area (Å²) < 4.78 is 46.0. The lowest BCUT2D eigenvalue weighted by atomic mass is 10.0. The molecule has 2 amide bonds. The quantitative estimate of drug-likeness (QED) is 0.761. The molecule has 154 valence electrons. The van der Waals surface area contributed by atoms with Gasteiger partial charge < -0.3 is 9.64 Å². The molecule has 1 aliphatic rings. The van der Waals surface area contributed by atoms with Crippen molar-refractivity contribution in [2.24, 2.45) is 0 Å². The van der Waals surface area contributed by atoms with E-state index in [1.807, 2.05) is 0 Å². The summed E-state index contributed by atoms with van der Waals surface area (Å²) in [6.07, 6.45) is 1.21. The zero-order chi connectivity index (χ0) is 21.3. The van der Waals surface area contributed by atoms with Gasteiger partial charge in [0.25, 0.3) is 11.8 Å². The first kappa shape index (κ1) is 20.6. The van der Waals surface area contributed by atoms with E-state index in [9.17, 15) is 22.8 Å². The molecule has 0 unspecified atom stereocenters. The number of nitrogens with zero attached hydrogens (tertiary/aromatic N) is 4. The van der Waals surface area contributed by atoms with Gasteiger partial charge in [-0.05, 0) is 18.2 Å². The smallest absolute Gasteiger partial charge is 0.411 e. The van der Waals surface area contributed by atoms with E-state index in [4.69, 9.17) is 4.74 Å². The summed E-state index contributed by atoms with van der Waals surface area (Å²) >= 11 is 0. The number of carbonyl (C=O) groups is 2. The van der Waals surface area contributed by atoms with E-state index in [-0.39, 0.29) is 30.3 Å². The standard InChI is InChI=1S/C19H19F3N4O3/c1-19(21,22)13-6-11(4-5-14(13)20)15-8-23-7-12(24-15)9-26-10-16(29-18(26)28)17(27)25(2)3/h4-8,16H,9-10H2,1-3H3/t16-/m1/s1. The van der Waals surface area contributed by atoms with E-state index in [2.05, 4.69) is 9.97 Å². The van der Waals surface area contributed by atoms with Gasteiger partial charge in [0.15, 0.2) is 6.10 Å². The average molecular weight is 408 g/mol. The average Bonchev–Trinajstić information content (AvgIpc) is 3.01. The summed E-state index contributed by atoms with van der Waals surface area (Å²) in [6.45, 7) is 0.696. The van der Waals surface area contributed by atoms with Gasteiger partial charge in [0.05, 0.1) is 42.4 Å². The normalized spacial score (nSPS) is 16.7. The zero-order valence-electron chi connectivity index (χ0n) is 16.0. The highest BCUT2D eigenvalue weighted by molar-refractivity contribution is 5.86. The summed E-state index contributed by atoms with van der Waals surface area (Å²) in [7, 11) is 3.12. The molecule has 0 radical (unpaired) electrons. The predicted octanol–water partition coefficient (Wildman–Crippen LogP) is 2.80. The lowest BCUT2D eigenvalue weighted by Crippen LogP contribution is -2.36. The molecule has 0 bridgehead atoms. The first-order valence-corrected chi connectivity index (χ1v) is 8.72. The number of rotatable bonds is 5. The summed E-state index contributed by atoms with van der Waals surface area (Å²) in [6, 6.07) is 3.30. The molecule has 0 saturated carbocycles. The van der Waals surface area contributed by atoms with Crippen molar-refractivity contribution in [2.75, 3.05) is 20.6 Å². The van der Waals surface area contributed by atoms with Gasteiger partial charge in [-0.2, -0.15) is 0 Å². The topological polar surface area (TPSA) is 75.6 Å². The Bertz CT molecular complexity index is 947. The molecule has 1 aromatic carbocycles. The Morgan fingerprint density at radius 1 is 1.34 bits per heavy atom. The molecule has 7 nitrogen and oxygen atoms in total. The Balaban J connectivity index is 1.81. The van der Waals surface area contributed by atoms with Gasteiger partial charge in [-0.15, -0.1) is 0 Å². The molecule has 2 heterocycles. The van der Waals surface area contributed by atoms with Gasteiger partial charge >= 0.3 is 6.09 Å². The molecule has 0 aliphatic carbocycles. The first-order chi connectivity index (χ1) is 13.6. The zero-order valence-corrected chi connectivity index (χ0v) is 16.0. The van der Waals surface area contributed by atoms with Crippen LogP contribution in [0.2, 0.25) is 0 Å². The first-order valence-electron chi connectivity index (χ1n) is 8.72. The third-order valence-electron chi connectivity index (χ3n) is 4.38. The molecule has 2 aromatic rings. The van der Waals surface area contributed by atoms with E-state index in [0.717, 1.165) is 12.1 Å². The largest absolute Gasteiger partial charge is 0.434 e. The molecule has 3 rings (SSSR count). The maximum absolute atomic E-state index is 13.7. The molecule has 1 atom stereocenters. The fraction of sp³-hybridized carbons (Fsp3) is 0.368. The van der Waals surface area contributed by atoms with Crippen molar-refractivity contribution in [1.82, 2.24) is 19.8 Å². The van der Waals surface area contributed by atoms with Gasteiger partial charge in [0, 0.05) is 26.6 Å². The number of carbonyl (C=O) groups excluding carboxylic acids is 2. The molecule has 10 heteroatoms. The van der Waals surface area contributed by atoms with Crippen LogP contribution in [0.5, 0.6) is 0 Å².